The quantitative estimate of drug-likeness (QED) is 0.0201. The predicted octanol–water partition coefficient (Wildman–Crippen LogP) is 15.9. The van der Waals surface area contributed by atoms with Gasteiger partial charge in [0.15, 0.2) is 6.10 Å². The van der Waals surface area contributed by atoms with Crippen molar-refractivity contribution in [3.63, 3.8) is 0 Å². The Morgan fingerprint density at radius 2 is 0.683 bits per heavy atom. The van der Waals surface area contributed by atoms with Gasteiger partial charge in [-0.25, -0.2) is 0 Å². The van der Waals surface area contributed by atoms with Gasteiger partial charge in [0.2, 0.25) is 0 Å². The molecule has 6 heteroatoms. The van der Waals surface area contributed by atoms with E-state index in [4.69, 9.17) is 14.2 Å². The maximum Gasteiger partial charge on any atom is 0.306 e. The van der Waals surface area contributed by atoms with Crippen molar-refractivity contribution in [1.29, 1.82) is 0 Å². The van der Waals surface area contributed by atoms with Gasteiger partial charge in [0.25, 0.3) is 0 Å². The molecule has 0 saturated carbocycles. The summed E-state index contributed by atoms with van der Waals surface area (Å²) in [7, 11) is 0. The largest absolute Gasteiger partial charge is 0.462 e. The van der Waals surface area contributed by atoms with Crippen molar-refractivity contribution in [1.82, 2.24) is 0 Å². The van der Waals surface area contributed by atoms with Crippen LogP contribution in [0.2, 0.25) is 0 Å². The Labute approximate surface area is 384 Å². The van der Waals surface area contributed by atoms with Crippen LogP contribution in [0.3, 0.4) is 0 Å². The number of carbonyl (C=O) groups excluding carboxylic acids is 3. The fraction of sp³-hybridized carbons (Fsp3) is 0.491. The lowest BCUT2D eigenvalue weighted by atomic mass is 10.1. The molecule has 0 aliphatic rings. The zero-order valence-electron chi connectivity index (χ0n) is 39.5. The van der Waals surface area contributed by atoms with E-state index in [9.17, 15) is 14.4 Å². The third-order valence-electron chi connectivity index (χ3n) is 9.18. The topological polar surface area (TPSA) is 78.9 Å². The molecule has 0 aromatic heterocycles. The van der Waals surface area contributed by atoms with E-state index in [0.717, 1.165) is 109 Å². The maximum atomic E-state index is 12.7. The first kappa shape index (κ1) is 58.0. The summed E-state index contributed by atoms with van der Waals surface area (Å²) < 4.78 is 16.6. The minimum Gasteiger partial charge on any atom is -0.462 e. The van der Waals surface area contributed by atoms with Gasteiger partial charge in [-0.05, 0) is 96.3 Å². The monoisotopic (exact) mass is 865 g/mol. The highest BCUT2D eigenvalue weighted by atomic mass is 16.6. The number of hydrogen-bond acceptors (Lipinski definition) is 6. The molecule has 0 aliphatic heterocycles. The van der Waals surface area contributed by atoms with Crippen molar-refractivity contribution in [2.45, 2.75) is 168 Å². The average Bonchev–Trinajstić information content (AvgIpc) is 3.28. The second kappa shape index (κ2) is 49.7. The van der Waals surface area contributed by atoms with Crippen LogP contribution in [0, 0.1) is 0 Å². The van der Waals surface area contributed by atoms with Crippen molar-refractivity contribution < 1.29 is 28.6 Å². The molecule has 63 heavy (non-hydrogen) atoms. The van der Waals surface area contributed by atoms with Crippen molar-refractivity contribution in [2.24, 2.45) is 0 Å². The molecule has 0 heterocycles. The van der Waals surface area contributed by atoms with Gasteiger partial charge in [-0.3, -0.25) is 14.4 Å². The average molecular weight is 865 g/mol. The van der Waals surface area contributed by atoms with Gasteiger partial charge in [0.1, 0.15) is 13.2 Å². The summed E-state index contributed by atoms with van der Waals surface area (Å²) in [4.78, 5) is 37.9. The fourth-order valence-corrected chi connectivity index (χ4v) is 5.68. The van der Waals surface area contributed by atoms with Gasteiger partial charge in [0, 0.05) is 19.3 Å². The molecule has 0 bridgehead atoms. The van der Waals surface area contributed by atoms with Gasteiger partial charge in [0.05, 0.1) is 0 Å². The van der Waals surface area contributed by atoms with Gasteiger partial charge >= 0.3 is 17.9 Å². The van der Waals surface area contributed by atoms with Crippen LogP contribution in [0.25, 0.3) is 0 Å². The summed E-state index contributed by atoms with van der Waals surface area (Å²) in [5.41, 5.74) is 0. The minimum atomic E-state index is -0.849. The van der Waals surface area contributed by atoms with Crippen LogP contribution in [0.15, 0.2) is 158 Å². The van der Waals surface area contributed by atoms with Crippen LogP contribution in [0.5, 0.6) is 0 Å². The van der Waals surface area contributed by atoms with E-state index in [1.54, 1.807) is 0 Å². The molecular formula is C57H84O6. The Morgan fingerprint density at radius 3 is 1.16 bits per heavy atom. The van der Waals surface area contributed by atoms with Crippen LogP contribution in [-0.2, 0) is 28.6 Å². The lowest BCUT2D eigenvalue weighted by molar-refractivity contribution is -0.166. The molecule has 0 fully saturated rings. The Balaban J connectivity index is 4.65. The molecular weight excluding hydrogens is 781 g/mol. The van der Waals surface area contributed by atoms with Gasteiger partial charge in [-0.15, -0.1) is 0 Å². The van der Waals surface area contributed by atoms with E-state index in [0.29, 0.717) is 19.3 Å². The van der Waals surface area contributed by atoms with E-state index in [-0.39, 0.29) is 38.0 Å². The molecule has 0 radical (unpaired) electrons. The third-order valence-corrected chi connectivity index (χ3v) is 9.18. The normalized spacial score (nSPS) is 13.5. The zero-order valence-corrected chi connectivity index (χ0v) is 39.5. The number of allylic oxidation sites excluding steroid dienone is 26. The molecule has 0 spiro atoms. The van der Waals surface area contributed by atoms with Crippen LogP contribution in [-0.4, -0.2) is 37.2 Å². The van der Waals surface area contributed by atoms with E-state index >= 15 is 0 Å². The first-order valence-electron chi connectivity index (χ1n) is 24.1. The molecule has 1 atom stereocenters. The number of rotatable bonds is 40. The van der Waals surface area contributed by atoms with Gasteiger partial charge in [-0.1, -0.05) is 204 Å². The summed E-state index contributed by atoms with van der Waals surface area (Å²) in [6, 6.07) is 0. The third kappa shape index (κ3) is 47.9. The van der Waals surface area contributed by atoms with Crippen LogP contribution in [0.4, 0.5) is 0 Å². The Bertz CT molecular complexity index is 1510. The van der Waals surface area contributed by atoms with Crippen molar-refractivity contribution in [3.05, 3.63) is 158 Å². The zero-order chi connectivity index (χ0) is 45.8. The summed E-state index contributed by atoms with van der Waals surface area (Å²) in [6.07, 6.45) is 72.3. The second-order valence-corrected chi connectivity index (χ2v) is 15.0. The summed E-state index contributed by atoms with van der Waals surface area (Å²) in [5.74, 6) is -1.10. The van der Waals surface area contributed by atoms with Crippen LogP contribution >= 0.6 is 0 Å². The summed E-state index contributed by atoms with van der Waals surface area (Å²) in [5, 5.41) is 0. The molecule has 0 amide bonds. The molecule has 0 aromatic carbocycles. The highest BCUT2D eigenvalue weighted by Gasteiger charge is 2.19. The Morgan fingerprint density at radius 1 is 0.333 bits per heavy atom. The standard InChI is InChI=1S/C57H84O6/c1-4-7-10-13-16-19-22-25-27-29-31-32-35-38-41-44-47-50-56(59)62-53-54(52-61-55(58)49-46-43-40-37-34-24-21-18-15-12-9-6-3)63-57(60)51-48-45-42-39-36-33-30-28-26-23-20-17-14-11-8-5-2/h7-13,16-22,25-29,31-33,35-36,42,45,54H,4-6,14-15,23-24,30,34,37-41,43-44,46-53H2,1-3H3/b10-7-,11-8-,12-9-,16-13-,20-17-,21-18-,22-19-,27-25-,28-26-,31-29+,35-32-,36-33-,45-42-. The number of ether oxygens (including phenoxy) is 3. The summed E-state index contributed by atoms with van der Waals surface area (Å²) >= 11 is 0. The predicted molar refractivity (Wildman–Crippen MR) is 269 cm³/mol. The fourth-order valence-electron chi connectivity index (χ4n) is 5.68. The molecule has 0 N–H and O–H groups in total. The van der Waals surface area contributed by atoms with E-state index in [1.807, 2.05) is 72.9 Å². The minimum absolute atomic E-state index is 0.138. The summed E-state index contributed by atoms with van der Waals surface area (Å²) in [6.45, 7) is 6.11. The molecule has 6 nitrogen and oxygen atoms in total. The number of carbonyl (C=O) groups is 3. The molecule has 0 rings (SSSR count). The lowest BCUT2D eigenvalue weighted by Crippen LogP contribution is -2.30. The molecule has 0 saturated heterocycles. The number of unbranched alkanes of at least 4 members (excludes halogenated alkanes) is 8. The van der Waals surface area contributed by atoms with E-state index < -0.39 is 12.1 Å². The molecule has 1 unspecified atom stereocenters. The number of hydrogen-bond donors (Lipinski definition) is 0. The van der Waals surface area contributed by atoms with E-state index in [2.05, 4.69) is 106 Å². The highest BCUT2D eigenvalue weighted by Crippen LogP contribution is 2.11. The molecule has 0 aliphatic carbocycles. The van der Waals surface area contributed by atoms with Crippen LogP contribution < -0.4 is 0 Å². The van der Waals surface area contributed by atoms with Gasteiger partial charge in [-0.2, -0.15) is 0 Å². The smallest absolute Gasteiger partial charge is 0.306 e. The first-order chi connectivity index (χ1) is 31.0. The lowest BCUT2D eigenvalue weighted by Gasteiger charge is -2.18. The molecule has 0 aromatic rings. The highest BCUT2D eigenvalue weighted by molar-refractivity contribution is 5.71. The van der Waals surface area contributed by atoms with Gasteiger partial charge < -0.3 is 14.2 Å². The molecule has 348 valence electrons. The second-order valence-electron chi connectivity index (χ2n) is 15.0. The first-order valence-corrected chi connectivity index (χ1v) is 24.1. The number of esters is 3. The van der Waals surface area contributed by atoms with Crippen molar-refractivity contribution in [2.75, 3.05) is 13.2 Å². The maximum absolute atomic E-state index is 12.7. The Hall–Kier alpha value is -4.97. The SMILES string of the molecule is CC\C=C/C=C\C=C/C=C\C=C\C=C/CCCCCC(=O)OCC(COC(=O)CCCCCCC/C=C\C/C=C\CC)OC(=O)CC/C=C\C/C=C\C/C=C\C/C=C\C/C=C\CC. The van der Waals surface area contributed by atoms with Crippen molar-refractivity contribution >= 4 is 17.9 Å². The Kier molecular flexibility index (Phi) is 45.8. The van der Waals surface area contributed by atoms with Crippen molar-refractivity contribution in [3.8, 4) is 0 Å². The van der Waals surface area contributed by atoms with Crippen LogP contribution in [0.1, 0.15) is 162 Å². The van der Waals surface area contributed by atoms with E-state index in [1.165, 1.54) is 0 Å².